The monoisotopic (exact) mass is 120 g/mol. The Kier molecular flexibility index (Phi) is 3.83. The van der Waals surface area contributed by atoms with Crippen molar-refractivity contribution in [1.82, 2.24) is 5.43 Å². The van der Waals surface area contributed by atoms with Crippen molar-refractivity contribution in [2.75, 3.05) is 13.3 Å². The van der Waals surface area contributed by atoms with Crippen LogP contribution in [0.5, 0.6) is 0 Å². The fourth-order valence-corrected chi connectivity index (χ4v) is 0.555. The molecule has 0 heterocycles. The van der Waals surface area contributed by atoms with E-state index in [9.17, 15) is 0 Å². The van der Waals surface area contributed by atoms with Crippen molar-refractivity contribution < 1.29 is 4.99 Å². The summed E-state index contributed by atoms with van der Waals surface area (Å²) >= 11 is 1.54. The molecule has 0 atom stereocenters. The molecule has 3 nitrogen and oxygen atoms in total. The highest BCUT2D eigenvalue weighted by Crippen LogP contribution is 1.82. The van der Waals surface area contributed by atoms with Crippen LogP contribution in [0.1, 0.15) is 0 Å². The minimum atomic E-state index is 0.875. The molecule has 0 aliphatic rings. The zero-order valence-electron chi connectivity index (χ0n) is 4.49. The van der Waals surface area contributed by atoms with Crippen molar-refractivity contribution in [1.29, 1.82) is 0 Å². The normalized spacial score (nSPS) is 11.6. The molecule has 0 saturated heterocycles. The maximum atomic E-state index is 5.02. The maximum Gasteiger partial charge on any atom is 0.321 e. The average molecular weight is 120 g/mol. The fourth-order valence-electron chi connectivity index (χ4n) is 0.233. The number of amidine groups is 1. The molecule has 7 heavy (non-hydrogen) atoms. The van der Waals surface area contributed by atoms with Gasteiger partial charge in [0.15, 0.2) is 0 Å². The summed E-state index contributed by atoms with van der Waals surface area (Å²) in [6, 6.07) is 0. The first-order chi connectivity index (χ1) is 3.35. The summed E-state index contributed by atoms with van der Waals surface area (Å²) in [6.45, 7) is 0. The highest BCUT2D eigenvalue weighted by atomic mass is 32.2. The van der Waals surface area contributed by atoms with Crippen LogP contribution in [0.4, 0.5) is 0 Å². The van der Waals surface area contributed by atoms with Crippen LogP contribution in [-0.2, 0) is 0 Å². The molecule has 0 aromatic heterocycles. The van der Waals surface area contributed by atoms with Crippen molar-refractivity contribution in [3.8, 4) is 0 Å². The van der Waals surface area contributed by atoms with Gasteiger partial charge in [0.05, 0.1) is 7.05 Å². The third-order valence-corrected chi connectivity index (χ3v) is 1.29. The van der Waals surface area contributed by atoms with Gasteiger partial charge in [0.2, 0.25) is 0 Å². The van der Waals surface area contributed by atoms with Gasteiger partial charge in [-0.25, -0.2) is 0 Å². The summed E-state index contributed by atoms with van der Waals surface area (Å²) in [5.41, 5.74) is 2.47. The van der Waals surface area contributed by atoms with E-state index < -0.39 is 0 Å². The SMILES string of the molecule is C[NH+]=C(NN)SC. The predicted octanol–water partition coefficient (Wildman–Crippen LogP) is -2.12. The molecule has 4 N–H and O–H groups in total. The topological polar surface area (TPSA) is 52.0 Å². The van der Waals surface area contributed by atoms with Gasteiger partial charge in [-0.3, -0.25) is 4.99 Å². The van der Waals surface area contributed by atoms with E-state index in [1.54, 1.807) is 0 Å². The van der Waals surface area contributed by atoms with Crippen LogP contribution in [0.3, 0.4) is 0 Å². The Morgan fingerprint density at radius 1 is 1.86 bits per heavy atom. The Morgan fingerprint density at radius 2 is 2.43 bits per heavy atom. The number of nitrogens with one attached hydrogen (secondary N) is 2. The molecule has 0 fully saturated rings. The van der Waals surface area contributed by atoms with E-state index in [-0.39, 0.29) is 0 Å². The first kappa shape index (κ1) is 6.78. The van der Waals surface area contributed by atoms with Gasteiger partial charge in [-0.1, -0.05) is 0 Å². The zero-order valence-corrected chi connectivity index (χ0v) is 5.30. The Bertz CT molecular complexity index is 64.6. The van der Waals surface area contributed by atoms with Gasteiger partial charge in [0.25, 0.3) is 0 Å². The molecule has 0 amide bonds. The van der Waals surface area contributed by atoms with Gasteiger partial charge < -0.3 is 0 Å². The lowest BCUT2D eigenvalue weighted by Gasteiger charge is -1.86. The van der Waals surface area contributed by atoms with Crippen LogP contribution >= 0.6 is 11.8 Å². The molecule has 0 aliphatic heterocycles. The van der Waals surface area contributed by atoms with E-state index in [2.05, 4.69) is 10.4 Å². The molecule has 0 bridgehead atoms. The Labute approximate surface area is 47.3 Å². The summed E-state index contributed by atoms with van der Waals surface area (Å²) in [5, 5.41) is 0.875. The number of hydrazine groups is 1. The molecular formula is C3H10N3S+. The number of hydrogen-bond acceptors (Lipinski definition) is 2. The molecule has 0 unspecified atom stereocenters. The third kappa shape index (κ3) is 2.47. The summed E-state index contributed by atoms with van der Waals surface area (Å²) in [5.74, 6) is 5.02. The van der Waals surface area contributed by atoms with E-state index in [0.29, 0.717) is 0 Å². The van der Waals surface area contributed by atoms with Crippen molar-refractivity contribution >= 4 is 16.9 Å². The van der Waals surface area contributed by atoms with Gasteiger partial charge in [-0.15, -0.1) is 0 Å². The van der Waals surface area contributed by atoms with Gasteiger partial charge in [-0.05, 0) is 18.0 Å². The Morgan fingerprint density at radius 3 is 2.43 bits per heavy atom. The first-order valence-corrected chi connectivity index (χ1v) is 3.13. The van der Waals surface area contributed by atoms with Crippen molar-refractivity contribution in [3.63, 3.8) is 0 Å². The Hall–Kier alpha value is -0.220. The minimum Gasteiger partial charge on any atom is -0.270 e. The highest BCUT2D eigenvalue weighted by Gasteiger charge is 1.93. The second-order valence-corrected chi connectivity index (χ2v) is 1.74. The summed E-state index contributed by atoms with van der Waals surface area (Å²) < 4.78 is 0. The Balaban J connectivity index is 3.38. The number of nitrogens with two attached hydrogens (primary N) is 1. The predicted molar refractivity (Wildman–Crippen MR) is 32.7 cm³/mol. The quantitative estimate of drug-likeness (QED) is 0.148. The van der Waals surface area contributed by atoms with Crippen molar-refractivity contribution in [2.45, 2.75) is 0 Å². The lowest BCUT2D eigenvalue weighted by molar-refractivity contribution is -0.418. The van der Waals surface area contributed by atoms with Crippen LogP contribution in [0.2, 0.25) is 0 Å². The summed E-state index contributed by atoms with van der Waals surface area (Å²) in [6.07, 6.45) is 1.94. The molecule has 0 aliphatic carbocycles. The first-order valence-electron chi connectivity index (χ1n) is 1.90. The molecular weight excluding hydrogens is 110 g/mol. The maximum absolute atomic E-state index is 5.02. The second kappa shape index (κ2) is 3.95. The largest absolute Gasteiger partial charge is 0.321 e. The molecule has 0 saturated carbocycles. The number of hydrogen-bond donors (Lipinski definition) is 3. The standard InChI is InChI=1S/C3H9N3S/c1-5-3(6-4)7-2/h4H2,1-2H3,(H,5,6)/p+1. The molecule has 0 spiro atoms. The van der Waals surface area contributed by atoms with Crippen LogP contribution in [0.15, 0.2) is 0 Å². The van der Waals surface area contributed by atoms with Crippen LogP contribution < -0.4 is 16.3 Å². The lowest BCUT2D eigenvalue weighted by atomic mass is 11.2. The summed E-state index contributed by atoms with van der Waals surface area (Å²) in [4.78, 5) is 2.84. The molecule has 42 valence electrons. The van der Waals surface area contributed by atoms with Crippen LogP contribution in [0.25, 0.3) is 0 Å². The van der Waals surface area contributed by atoms with Gasteiger partial charge in [0.1, 0.15) is 0 Å². The highest BCUT2D eigenvalue weighted by molar-refractivity contribution is 8.12. The van der Waals surface area contributed by atoms with Crippen LogP contribution in [0, 0.1) is 0 Å². The van der Waals surface area contributed by atoms with E-state index in [1.165, 1.54) is 11.8 Å². The van der Waals surface area contributed by atoms with Crippen molar-refractivity contribution in [2.24, 2.45) is 5.84 Å². The molecule has 0 aromatic rings. The van der Waals surface area contributed by atoms with E-state index >= 15 is 0 Å². The number of thioether (sulfide) groups is 1. The van der Waals surface area contributed by atoms with Crippen LogP contribution in [-0.4, -0.2) is 18.5 Å². The van der Waals surface area contributed by atoms with Crippen molar-refractivity contribution in [3.05, 3.63) is 0 Å². The van der Waals surface area contributed by atoms with Gasteiger partial charge in [-0.2, -0.15) is 11.3 Å². The average Bonchev–Trinajstić information content (AvgIpc) is 1.72. The third-order valence-electron chi connectivity index (χ3n) is 0.562. The molecule has 0 aromatic carbocycles. The second-order valence-electron chi connectivity index (χ2n) is 0.928. The van der Waals surface area contributed by atoms with E-state index in [0.717, 1.165) is 5.17 Å². The molecule has 0 rings (SSSR count). The molecule has 4 heteroatoms. The fraction of sp³-hybridized carbons (Fsp3) is 0.667. The molecule has 0 radical (unpaired) electrons. The summed E-state index contributed by atoms with van der Waals surface area (Å²) in [7, 11) is 1.81. The lowest BCUT2D eigenvalue weighted by Crippen LogP contribution is -2.71. The minimum absolute atomic E-state index is 0.875. The number of rotatable bonds is 0. The zero-order chi connectivity index (χ0) is 5.70. The van der Waals surface area contributed by atoms with E-state index in [1.807, 2.05) is 13.3 Å². The smallest absolute Gasteiger partial charge is 0.270 e. The van der Waals surface area contributed by atoms with Gasteiger partial charge >= 0.3 is 5.17 Å². The van der Waals surface area contributed by atoms with E-state index in [4.69, 9.17) is 5.84 Å². The van der Waals surface area contributed by atoms with Gasteiger partial charge in [0, 0.05) is 0 Å².